The van der Waals surface area contributed by atoms with E-state index < -0.39 is 11.4 Å². The molecule has 0 aliphatic rings. The standard InChI is InChI=1S/C12H27N3O/c1-5-7-15(8-6-2)10(3)9-12(4,14)11(13)16/h10H,5-9,14H2,1-4H3,(H2,13,16). The van der Waals surface area contributed by atoms with E-state index >= 15 is 0 Å². The van der Waals surface area contributed by atoms with E-state index in [0.29, 0.717) is 12.5 Å². The molecule has 0 saturated carbocycles. The van der Waals surface area contributed by atoms with Gasteiger partial charge in [-0.3, -0.25) is 4.79 Å². The van der Waals surface area contributed by atoms with Gasteiger partial charge in [-0.25, -0.2) is 0 Å². The normalized spacial score (nSPS) is 17.1. The van der Waals surface area contributed by atoms with Gasteiger partial charge in [0, 0.05) is 6.04 Å². The predicted octanol–water partition coefficient (Wildman–Crippen LogP) is 1.09. The topological polar surface area (TPSA) is 72.3 Å². The van der Waals surface area contributed by atoms with Crippen molar-refractivity contribution >= 4 is 5.91 Å². The number of hydrogen-bond acceptors (Lipinski definition) is 3. The van der Waals surface area contributed by atoms with Gasteiger partial charge in [0.2, 0.25) is 5.91 Å². The number of primary amides is 1. The first-order valence-electron chi connectivity index (χ1n) is 6.18. The van der Waals surface area contributed by atoms with Gasteiger partial charge in [0.1, 0.15) is 0 Å². The molecule has 4 heteroatoms. The van der Waals surface area contributed by atoms with Gasteiger partial charge in [-0.2, -0.15) is 0 Å². The Morgan fingerprint density at radius 3 is 2.06 bits per heavy atom. The maximum absolute atomic E-state index is 11.2. The van der Waals surface area contributed by atoms with Crippen molar-refractivity contribution < 1.29 is 4.79 Å². The number of rotatable bonds is 8. The van der Waals surface area contributed by atoms with Crippen molar-refractivity contribution in [2.24, 2.45) is 11.5 Å². The van der Waals surface area contributed by atoms with Gasteiger partial charge in [0.25, 0.3) is 0 Å². The minimum absolute atomic E-state index is 0.294. The molecular weight excluding hydrogens is 202 g/mol. The fourth-order valence-corrected chi connectivity index (χ4v) is 1.97. The van der Waals surface area contributed by atoms with Crippen LogP contribution in [0.2, 0.25) is 0 Å². The van der Waals surface area contributed by atoms with Crippen molar-refractivity contribution in [2.45, 2.75) is 58.5 Å². The molecule has 0 aliphatic carbocycles. The lowest BCUT2D eigenvalue weighted by atomic mass is 9.93. The second kappa shape index (κ2) is 6.86. The molecule has 96 valence electrons. The highest BCUT2D eigenvalue weighted by Gasteiger charge is 2.29. The third-order valence-electron chi connectivity index (χ3n) is 2.93. The lowest BCUT2D eigenvalue weighted by Crippen LogP contribution is -2.53. The van der Waals surface area contributed by atoms with Crippen LogP contribution in [0.25, 0.3) is 0 Å². The Bertz CT molecular complexity index is 210. The van der Waals surface area contributed by atoms with Crippen LogP contribution in [-0.2, 0) is 4.79 Å². The fourth-order valence-electron chi connectivity index (χ4n) is 1.97. The number of carbonyl (C=O) groups is 1. The highest BCUT2D eigenvalue weighted by atomic mass is 16.1. The number of amides is 1. The number of hydrogen-bond donors (Lipinski definition) is 2. The molecule has 0 saturated heterocycles. The van der Waals surface area contributed by atoms with Crippen LogP contribution in [0.5, 0.6) is 0 Å². The third-order valence-corrected chi connectivity index (χ3v) is 2.93. The summed E-state index contributed by atoms with van der Waals surface area (Å²) < 4.78 is 0. The second-order valence-electron chi connectivity index (χ2n) is 4.87. The minimum atomic E-state index is -0.904. The lowest BCUT2D eigenvalue weighted by molar-refractivity contribution is -0.123. The Balaban J connectivity index is 4.38. The Morgan fingerprint density at radius 2 is 1.75 bits per heavy atom. The molecule has 4 nitrogen and oxygen atoms in total. The van der Waals surface area contributed by atoms with Crippen molar-refractivity contribution in [3.8, 4) is 0 Å². The van der Waals surface area contributed by atoms with Gasteiger partial charge in [0.15, 0.2) is 0 Å². The van der Waals surface area contributed by atoms with Crippen molar-refractivity contribution in [1.29, 1.82) is 0 Å². The molecule has 0 aromatic carbocycles. The summed E-state index contributed by atoms with van der Waals surface area (Å²) in [5.74, 6) is -0.424. The van der Waals surface area contributed by atoms with Crippen LogP contribution in [0.3, 0.4) is 0 Å². The molecule has 2 unspecified atom stereocenters. The van der Waals surface area contributed by atoms with Crippen molar-refractivity contribution in [3.63, 3.8) is 0 Å². The van der Waals surface area contributed by atoms with E-state index in [1.165, 1.54) is 0 Å². The van der Waals surface area contributed by atoms with Gasteiger partial charge in [0.05, 0.1) is 5.54 Å². The van der Waals surface area contributed by atoms with Crippen LogP contribution >= 0.6 is 0 Å². The summed E-state index contributed by atoms with van der Waals surface area (Å²) in [6.45, 7) is 10.2. The third kappa shape index (κ3) is 4.94. The molecule has 0 radical (unpaired) electrons. The monoisotopic (exact) mass is 229 g/mol. The fraction of sp³-hybridized carbons (Fsp3) is 0.917. The molecule has 0 heterocycles. The summed E-state index contributed by atoms with van der Waals surface area (Å²) in [5, 5.41) is 0. The molecule has 1 amide bonds. The van der Waals surface area contributed by atoms with E-state index in [1.807, 2.05) is 0 Å². The molecule has 0 spiro atoms. The Kier molecular flexibility index (Phi) is 6.60. The smallest absolute Gasteiger partial charge is 0.237 e. The van der Waals surface area contributed by atoms with Crippen molar-refractivity contribution in [3.05, 3.63) is 0 Å². The van der Waals surface area contributed by atoms with Crippen LogP contribution < -0.4 is 11.5 Å². The molecular formula is C12H27N3O. The van der Waals surface area contributed by atoms with Crippen LogP contribution in [0, 0.1) is 0 Å². The van der Waals surface area contributed by atoms with Gasteiger partial charge in [-0.15, -0.1) is 0 Å². The van der Waals surface area contributed by atoms with Gasteiger partial charge >= 0.3 is 0 Å². The first kappa shape index (κ1) is 15.4. The van der Waals surface area contributed by atoms with Gasteiger partial charge < -0.3 is 16.4 Å². The summed E-state index contributed by atoms with van der Waals surface area (Å²) in [6.07, 6.45) is 2.84. The first-order valence-corrected chi connectivity index (χ1v) is 6.18. The predicted molar refractivity (Wildman–Crippen MR) is 68.0 cm³/mol. The maximum atomic E-state index is 11.2. The molecule has 0 rings (SSSR count). The summed E-state index contributed by atoms with van der Waals surface area (Å²) in [5.41, 5.74) is 10.3. The van der Waals surface area contributed by atoms with Gasteiger partial charge in [-0.1, -0.05) is 13.8 Å². The minimum Gasteiger partial charge on any atom is -0.368 e. The molecule has 16 heavy (non-hydrogen) atoms. The number of carbonyl (C=O) groups excluding carboxylic acids is 1. The molecule has 0 aromatic rings. The maximum Gasteiger partial charge on any atom is 0.237 e. The van der Waals surface area contributed by atoms with E-state index in [9.17, 15) is 4.79 Å². The highest BCUT2D eigenvalue weighted by Crippen LogP contribution is 2.14. The van der Waals surface area contributed by atoms with Gasteiger partial charge in [-0.05, 0) is 46.2 Å². The Morgan fingerprint density at radius 1 is 1.31 bits per heavy atom. The Labute approximate surface area is 99.4 Å². The van der Waals surface area contributed by atoms with Crippen LogP contribution in [0.1, 0.15) is 47.0 Å². The van der Waals surface area contributed by atoms with E-state index in [0.717, 1.165) is 25.9 Å². The zero-order valence-electron chi connectivity index (χ0n) is 11.1. The van der Waals surface area contributed by atoms with Crippen LogP contribution in [0.4, 0.5) is 0 Å². The molecule has 0 bridgehead atoms. The van der Waals surface area contributed by atoms with Crippen LogP contribution in [-0.4, -0.2) is 35.5 Å². The first-order chi connectivity index (χ1) is 7.35. The molecule has 2 atom stereocenters. The molecule has 0 aliphatic heterocycles. The van der Waals surface area contributed by atoms with Crippen LogP contribution in [0.15, 0.2) is 0 Å². The summed E-state index contributed by atoms with van der Waals surface area (Å²) >= 11 is 0. The Hall–Kier alpha value is -0.610. The molecule has 0 aromatic heterocycles. The largest absolute Gasteiger partial charge is 0.368 e. The zero-order chi connectivity index (χ0) is 12.8. The lowest BCUT2D eigenvalue weighted by Gasteiger charge is -2.33. The van der Waals surface area contributed by atoms with E-state index in [2.05, 4.69) is 25.7 Å². The highest BCUT2D eigenvalue weighted by molar-refractivity contribution is 5.83. The number of nitrogens with zero attached hydrogens (tertiary/aromatic N) is 1. The zero-order valence-corrected chi connectivity index (χ0v) is 11.1. The summed E-state index contributed by atoms with van der Waals surface area (Å²) in [4.78, 5) is 13.5. The van der Waals surface area contributed by atoms with E-state index in [4.69, 9.17) is 11.5 Å². The summed E-state index contributed by atoms with van der Waals surface area (Å²) in [7, 11) is 0. The molecule has 0 fully saturated rings. The average Bonchev–Trinajstić information content (AvgIpc) is 2.16. The molecule has 4 N–H and O–H groups in total. The van der Waals surface area contributed by atoms with Crippen molar-refractivity contribution in [1.82, 2.24) is 4.90 Å². The second-order valence-corrected chi connectivity index (χ2v) is 4.87. The quantitative estimate of drug-likeness (QED) is 0.654. The average molecular weight is 229 g/mol. The van der Waals surface area contributed by atoms with E-state index in [-0.39, 0.29) is 0 Å². The summed E-state index contributed by atoms with van der Waals surface area (Å²) in [6, 6.07) is 0.294. The SMILES string of the molecule is CCCN(CCC)C(C)CC(C)(N)C(N)=O. The van der Waals surface area contributed by atoms with Crippen molar-refractivity contribution in [2.75, 3.05) is 13.1 Å². The number of nitrogens with two attached hydrogens (primary N) is 2. The van der Waals surface area contributed by atoms with E-state index in [1.54, 1.807) is 6.92 Å².